The van der Waals surface area contributed by atoms with Gasteiger partial charge in [-0.05, 0) is 48.1 Å². The molecule has 3 nitrogen and oxygen atoms in total. The van der Waals surface area contributed by atoms with E-state index in [2.05, 4.69) is 103 Å². The van der Waals surface area contributed by atoms with Gasteiger partial charge in [0.05, 0.1) is 7.11 Å². The van der Waals surface area contributed by atoms with Crippen molar-refractivity contribution in [2.45, 2.75) is 57.2 Å². The summed E-state index contributed by atoms with van der Waals surface area (Å²) < 4.78 is 5.78. The zero-order chi connectivity index (χ0) is 23.5. The predicted octanol–water partition coefficient (Wildman–Crippen LogP) is 7.14. The molecule has 0 bridgehead atoms. The highest BCUT2D eigenvalue weighted by Crippen LogP contribution is 2.38. The van der Waals surface area contributed by atoms with E-state index in [0.717, 1.165) is 25.4 Å². The molecule has 3 aromatic carbocycles. The van der Waals surface area contributed by atoms with E-state index in [9.17, 15) is 0 Å². The topological polar surface area (TPSA) is 15.7 Å². The van der Waals surface area contributed by atoms with Crippen molar-refractivity contribution in [2.75, 3.05) is 26.7 Å². The van der Waals surface area contributed by atoms with Crippen molar-refractivity contribution in [2.24, 2.45) is 0 Å². The Balaban J connectivity index is 0.00000180. The fourth-order valence-corrected chi connectivity index (χ4v) is 6.14. The summed E-state index contributed by atoms with van der Waals surface area (Å²) in [5.74, 6) is 1.90. The molecule has 5 rings (SSSR count). The number of piperazine rings is 1. The lowest BCUT2D eigenvalue weighted by molar-refractivity contribution is 0.0380. The van der Waals surface area contributed by atoms with Crippen LogP contribution in [0.25, 0.3) is 0 Å². The van der Waals surface area contributed by atoms with Crippen LogP contribution in [0.4, 0.5) is 0 Å². The third-order valence-corrected chi connectivity index (χ3v) is 7.83. The zero-order valence-electron chi connectivity index (χ0n) is 21.7. The second-order valence-corrected chi connectivity index (χ2v) is 10.3. The van der Waals surface area contributed by atoms with Crippen LogP contribution in [-0.2, 0) is 6.54 Å². The molecule has 0 spiro atoms. The van der Waals surface area contributed by atoms with E-state index in [4.69, 9.17) is 4.74 Å². The molecule has 36 heavy (non-hydrogen) atoms. The molecular weight excluding hydrogens is 487 g/mol. The van der Waals surface area contributed by atoms with E-state index in [1.165, 1.54) is 41.6 Å². The SMILES string of the molecule is COc1ccc(C(C)C)cc1CN1C[C@@H]2CCCN2[C@H](C(c2ccccc2)c2ccccc2)C1.Cl.Cl. The Hall–Kier alpha value is -2.04. The summed E-state index contributed by atoms with van der Waals surface area (Å²) in [4.78, 5) is 5.51. The Morgan fingerprint density at radius 2 is 1.47 bits per heavy atom. The average Bonchev–Trinajstić information content (AvgIpc) is 3.34. The van der Waals surface area contributed by atoms with Gasteiger partial charge in [-0.1, -0.05) is 86.6 Å². The monoisotopic (exact) mass is 526 g/mol. The van der Waals surface area contributed by atoms with Gasteiger partial charge in [0.15, 0.2) is 0 Å². The number of benzene rings is 3. The van der Waals surface area contributed by atoms with Gasteiger partial charge >= 0.3 is 0 Å². The molecule has 0 amide bonds. The van der Waals surface area contributed by atoms with Crippen LogP contribution in [0.3, 0.4) is 0 Å². The molecule has 2 aliphatic rings. The van der Waals surface area contributed by atoms with Crippen molar-refractivity contribution in [1.82, 2.24) is 9.80 Å². The van der Waals surface area contributed by atoms with E-state index >= 15 is 0 Å². The molecule has 2 atom stereocenters. The minimum Gasteiger partial charge on any atom is -0.496 e. The standard InChI is InChI=1S/C31H38N2O.2ClH/c1-23(2)26-16-17-30(34-3)27(19-26)20-32-21-28-15-10-18-33(28)29(22-32)31(24-11-6-4-7-12-24)25-13-8-5-9-14-25;;/h4-9,11-14,16-17,19,23,28-29,31H,10,15,18,20-22H2,1-3H3;2*1H/t28-,29-;;/m0../s1. The molecule has 3 aromatic rings. The number of hydrogen-bond acceptors (Lipinski definition) is 3. The summed E-state index contributed by atoms with van der Waals surface area (Å²) in [7, 11) is 1.80. The van der Waals surface area contributed by atoms with E-state index < -0.39 is 0 Å². The van der Waals surface area contributed by atoms with Crippen molar-refractivity contribution in [3.05, 3.63) is 101 Å². The molecule has 5 heteroatoms. The summed E-state index contributed by atoms with van der Waals surface area (Å²) in [6.45, 7) is 8.90. The molecule has 0 radical (unpaired) electrons. The first kappa shape index (κ1) is 28.5. The Bertz CT molecular complexity index is 1040. The number of rotatable bonds is 7. The highest BCUT2D eigenvalue weighted by Gasteiger charge is 2.41. The molecule has 0 aliphatic carbocycles. The van der Waals surface area contributed by atoms with Gasteiger partial charge in [0, 0.05) is 43.2 Å². The minimum absolute atomic E-state index is 0. The Morgan fingerprint density at radius 3 is 2.06 bits per heavy atom. The van der Waals surface area contributed by atoms with Crippen LogP contribution in [0.15, 0.2) is 78.9 Å². The van der Waals surface area contributed by atoms with Crippen molar-refractivity contribution in [3.63, 3.8) is 0 Å². The lowest BCUT2D eigenvalue weighted by Gasteiger charge is -2.47. The van der Waals surface area contributed by atoms with Gasteiger partial charge in [0.2, 0.25) is 0 Å². The number of ether oxygens (including phenoxy) is 1. The lowest BCUT2D eigenvalue weighted by atomic mass is 9.82. The van der Waals surface area contributed by atoms with Crippen LogP contribution in [0.1, 0.15) is 60.8 Å². The van der Waals surface area contributed by atoms with Crippen LogP contribution < -0.4 is 4.74 Å². The zero-order valence-corrected chi connectivity index (χ0v) is 23.3. The number of hydrogen-bond donors (Lipinski definition) is 0. The molecular formula is C31H40Cl2N2O. The molecule has 0 unspecified atom stereocenters. The predicted molar refractivity (Wildman–Crippen MR) is 155 cm³/mol. The summed E-state index contributed by atoms with van der Waals surface area (Å²) >= 11 is 0. The van der Waals surface area contributed by atoms with Crippen LogP contribution in [0.5, 0.6) is 5.75 Å². The van der Waals surface area contributed by atoms with Crippen molar-refractivity contribution < 1.29 is 4.74 Å². The van der Waals surface area contributed by atoms with E-state index in [1.54, 1.807) is 7.11 Å². The van der Waals surface area contributed by atoms with Crippen LogP contribution in [0, 0.1) is 0 Å². The molecule has 0 N–H and O–H groups in total. The molecule has 2 aliphatic heterocycles. The van der Waals surface area contributed by atoms with Crippen molar-refractivity contribution >= 4 is 24.8 Å². The number of halogens is 2. The maximum absolute atomic E-state index is 5.78. The van der Waals surface area contributed by atoms with Gasteiger partial charge < -0.3 is 4.74 Å². The third kappa shape index (κ3) is 6.08. The average molecular weight is 528 g/mol. The molecule has 2 saturated heterocycles. The maximum Gasteiger partial charge on any atom is 0.123 e. The lowest BCUT2D eigenvalue weighted by Crippen LogP contribution is -2.57. The van der Waals surface area contributed by atoms with Gasteiger partial charge in [0.25, 0.3) is 0 Å². The highest BCUT2D eigenvalue weighted by molar-refractivity contribution is 5.85. The highest BCUT2D eigenvalue weighted by atomic mass is 35.5. The minimum atomic E-state index is 0. The number of fused-ring (bicyclic) bond motifs is 1. The molecule has 2 fully saturated rings. The van der Waals surface area contributed by atoms with Gasteiger partial charge in [-0.25, -0.2) is 0 Å². The van der Waals surface area contributed by atoms with Crippen LogP contribution in [-0.4, -0.2) is 48.6 Å². The fourth-order valence-electron chi connectivity index (χ4n) is 6.14. The molecule has 194 valence electrons. The third-order valence-electron chi connectivity index (χ3n) is 7.83. The Labute approximate surface area is 229 Å². The summed E-state index contributed by atoms with van der Waals surface area (Å²) in [5, 5.41) is 0. The molecule has 0 saturated carbocycles. The van der Waals surface area contributed by atoms with Crippen LogP contribution >= 0.6 is 24.8 Å². The van der Waals surface area contributed by atoms with Gasteiger partial charge in [-0.3, -0.25) is 9.80 Å². The maximum atomic E-state index is 5.78. The summed E-state index contributed by atoms with van der Waals surface area (Å²) in [6.07, 6.45) is 2.60. The second kappa shape index (κ2) is 13.0. The van der Waals surface area contributed by atoms with E-state index in [1.807, 2.05) is 0 Å². The largest absolute Gasteiger partial charge is 0.496 e. The number of nitrogens with zero attached hydrogens (tertiary/aromatic N) is 2. The fraction of sp³-hybridized carbons (Fsp3) is 0.419. The van der Waals surface area contributed by atoms with Crippen molar-refractivity contribution in [1.29, 1.82) is 0 Å². The van der Waals surface area contributed by atoms with E-state index in [0.29, 0.717) is 23.9 Å². The summed E-state index contributed by atoms with van der Waals surface area (Å²) in [5.41, 5.74) is 5.55. The smallest absolute Gasteiger partial charge is 0.123 e. The van der Waals surface area contributed by atoms with Gasteiger partial charge in [0.1, 0.15) is 5.75 Å². The Kier molecular flexibility index (Phi) is 10.3. The molecule has 0 aromatic heterocycles. The first-order valence-electron chi connectivity index (χ1n) is 12.9. The second-order valence-electron chi connectivity index (χ2n) is 10.3. The van der Waals surface area contributed by atoms with Crippen molar-refractivity contribution in [3.8, 4) is 5.75 Å². The molecule has 2 heterocycles. The van der Waals surface area contributed by atoms with Gasteiger partial charge in [-0.2, -0.15) is 0 Å². The van der Waals surface area contributed by atoms with Crippen LogP contribution in [0.2, 0.25) is 0 Å². The van der Waals surface area contributed by atoms with Gasteiger partial charge in [-0.15, -0.1) is 24.8 Å². The van der Waals surface area contributed by atoms with E-state index in [-0.39, 0.29) is 24.8 Å². The normalized spacial score (nSPS) is 20.0. The first-order chi connectivity index (χ1) is 16.6. The summed E-state index contributed by atoms with van der Waals surface area (Å²) in [6, 6.07) is 30.1. The number of methoxy groups -OCH3 is 1. The quantitative estimate of drug-likeness (QED) is 0.325. The Morgan fingerprint density at radius 1 is 0.833 bits per heavy atom. The first-order valence-corrected chi connectivity index (χ1v) is 12.9.